The Morgan fingerprint density at radius 2 is 1.84 bits per heavy atom. The second kappa shape index (κ2) is 10.8. The molecule has 1 spiro atoms. The highest BCUT2D eigenvalue weighted by molar-refractivity contribution is 9.09. The van der Waals surface area contributed by atoms with Crippen molar-refractivity contribution in [1.29, 1.82) is 0 Å². The van der Waals surface area contributed by atoms with Crippen LogP contribution in [0, 0.1) is 17.8 Å². The van der Waals surface area contributed by atoms with Crippen molar-refractivity contribution in [3.8, 4) is 0 Å². The first-order valence-corrected chi connectivity index (χ1v) is 15.0. The van der Waals surface area contributed by atoms with Gasteiger partial charge in [-0.25, -0.2) is 0 Å². The first-order chi connectivity index (χ1) is 18.2. The van der Waals surface area contributed by atoms with Gasteiger partial charge in [-0.3, -0.25) is 14.4 Å². The smallest absolute Gasteiger partial charge is 0.248 e. The van der Waals surface area contributed by atoms with Crippen molar-refractivity contribution in [3.05, 3.63) is 65.2 Å². The number of alkyl halides is 1. The maximum absolute atomic E-state index is 14.2. The number of hydrogen-bond acceptors (Lipinski definition) is 5. The first kappa shape index (κ1) is 27.5. The SMILES string of the molecule is CC(C)[C@H](CO)N1C(=O)[C@@H]2[C@H](C(=O)NCc3ccccc3)[C@H]3SC2(CC3Br)C1C(=O)Nc1ccc(Cl)cc1. The van der Waals surface area contributed by atoms with Crippen molar-refractivity contribution in [1.82, 2.24) is 10.2 Å². The second-order valence-electron chi connectivity index (χ2n) is 10.6. The number of aliphatic hydroxyl groups excluding tert-OH is 1. The minimum Gasteiger partial charge on any atom is -0.394 e. The van der Waals surface area contributed by atoms with E-state index in [1.54, 1.807) is 40.9 Å². The average molecular weight is 621 g/mol. The van der Waals surface area contributed by atoms with Crippen LogP contribution in [0.25, 0.3) is 0 Å². The van der Waals surface area contributed by atoms with Crippen LogP contribution in [0.5, 0.6) is 0 Å². The van der Waals surface area contributed by atoms with Gasteiger partial charge < -0.3 is 20.6 Å². The predicted octanol–water partition coefficient (Wildman–Crippen LogP) is 4.08. The van der Waals surface area contributed by atoms with E-state index in [1.807, 2.05) is 44.2 Å². The number of halogens is 2. The van der Waals surface area contributed by atoms with Crippen LogP contribution in [0.3, 0.4) is 0 Å². The number of carbonyl (C=O) groups is 3. The molecule has 5 rings (SSSR count). The topological polar surface area (TPSA) is 98.7 Å². The van der Waals surface area contributed by atoms with Gasteiger partial charge in [-0.05, 0) is 42.2 Å². The molecule has 0 aliphatic carbocycles. The minimum atomic E-state index is -0.836. The fourth-order valence-electron chi connectivity index (χ4n) is 6.29. The Hall–Kier alpha value is -2.07. The predicted molar refractivity (Wildman–Crippen MR) is 153 cm³/mol. The van der Waals surface area contributed by atoms with Crippen LogP contribution in [0.1, 0.15) is 25.8 Å². The molecule has 2 aromatic rings. The van der Waals surface area contributed by atoms with E-state index >= 15 is 0 Å². The molecule has 7 atom stereocenters. The lowest BCUT2D eigenvalue weighted by atomic mass is 9.70. The summed E-state index contributed by atoms with van der Waals surface area (Å²) >= 11 is 11.4. The van der Waals surface area contributed by atoms with Crippen LogP contribution < -0.4 is 10.6 Å². The molecule has 0 saturated carbocycles. The second-order valence-corrected chi connectivity index (χ2v) is 13.8. The average Bonchev–Trinajstić information content (AvgIpc) is 3.48. The standard InChI is InChI=1S/C28H31BrClN3O4S/c1-15(2)20(14-34)33-24(26(36)32-18-10-8-17(30)9-11-18)28-12-19(29)23(38-28)21(22(28)27(33)37)25(35)31-13-16-6-4-3-5-7-16/h3-11,15,19-24,34H,12-14H2,1-2H3,(H,31,35)(H,32,36)/t19?,20-,21-,22-,23-,24?,28?/m0/s1. The molecule has 0 aromatic heterocycles. The summed E-state index contributed by atoms with van der Waals surface area (Å²) in [5.41, 5.74) is 1.54. The van der Waals surface area contributed by atoms with E-state index in [9.17, 15) is 19.5 Å². The number of carbonyl (C=O) groups excluding carboxylic acids is 3. The quantitative estimate of drug-likeness (QED) is 0.387. The van der Waals surface area contributed by atoms with E-state index < -0.39 is 28.7 Å². The molecular weight excluding hydrogens is 590 g/mol. The third-order valence-corrected chi connectivity index (χ3v) is 11.5. The Labute approximate surface area is 240 Å². The first-order valence-electron chi connectivity index (χ1n) is 12.8. The monoisotopic (exact) mass is 619 g/mol. The Bertz CT molecular complexity index is 1220. The Morgan fingerprint density at radius 3 is 2.47 bits per heavy atom. The van der Waals surface area contributed by atoms with Gasteiger partial charge in [0, 0.05) is 27.3 Å². The molecule has 2 aromatic carbocycles. The Balaban J connectivity index is 1.49. The largest absolute Gasteiger partial charge is 0.394 e. The molecule has 3 heterocycles. The molecular formula is C28H31BrClN3O4S. The molecule has 2 bridgehead atoms. The maximum Gasteiger partial charge on any atom is 0.248 e. The molecule has 7 nitrogen and oxygen atoms in total. The molecule has 3 aliphatic heterocycles. The van der Waals surface area contributed by atoms with Crippen molar-refractivity contribution < 1.29 is 19.5 Å². The number of thioether (sulfide) groups is 1. The molecule has 0 radical (unpaired) electrons. The number of nitrogens with zero attached hydrogens (tertiary/aromatic N) is 1. The number of benzene rings is 2. The van der Waals surface area contributed by atoms with Gasteiger partial charge in [0.05, 0.1) is 29.2 Å². The molecule has 10 heteroatoms. The zero-order chi connectivity index (χ0) is 27.2. The van der Waals surface area contributed by atoms with Crippen LogP contribution in [0.15, 0.2) is 54.6 Å². The maximum atomic E-state index is 14.2. The third-order valence-electron chi connectivity index (χ3n) is 8.01. The zero-order valence-electron chi connectivity index (χ0n) is 21.1. The van der Waals surface area contributed by atoms with Crippen LogP contribution >= 0.6 is 39.3 Å². The van der Waals surface area contributed by atoms with E-state index in [4.69, 9.17) is 11.6 Å². The number of amides is 3. The summed E-state index contributed by atoms with van der Waals surface area (Å²) in [5, 5.41) is 16.8. The van der Waals surface area contributed by atoms with Crippen molar-refractivity contribution in [3.63, 3.8) is 0 Å². The number of aliphatic hydroxyl groups is 1. The van der Waals surface area contributed by atoms with Crippen molar-refractivity contribution in [2.24, 2.45) is 17.8 Å². The highest BCUT2D eigenvalue weighted by Gasteiger charge is 2.76. The molecule has 3 saturated heterocycles. The number of anilines is 1. The van der Waals surface area contributed by atoms with E-state index in [1.165, 1.54) is 0 Å². The van der Waals surface area contributed by atoms with E-state index in [-0.39, 0.29) is 40.3 Å². The lowest BCUT2D eigenvalue weighted by Gasteiger charge is -2.38. The van der Waals surface area contributed by atoms with E-state index in [2.05, 4.69) is 26.6 Å². The van der Waals surface area contributed by atoms with Gasteiger partial charge in [0.2, 0.25) is 17.7 Å². The summed E-state index contributed by atoms with van der Waals surface area (Å²) in [6.45, 7) is 3.95. The number of fused-ring (bicyclic) bond motifs is 1. The van der Waals surface area contributed by atoms with Crippen molar-refractivity contribution >= 4 is 62.7 Å². The summed E-state index contributed by atoms with van der Waals surface area (Å²) in [6.07, 6.45) is 0.576. The number of nitrogens with one attached hydrogen (secondary N) is 2. The third kappa shape index (κ3) is 4.65. The van der Waals surface area contributed by atoms with Crippen molar-refractivity contribution in [2.45, 2.75) is 53.7 Å². The van der Waals surface area contributed by atoms with Crippen LogP contribution in [-0.4, -0.2) is 61.2 Å². The number of hydrogen-bond donors (Lipinski definition) is 3. The summed E-state index contributed by atoms with van der Waals surface area (Å²) in [5.74, 6) is -2.06. The van der Waals surface area contributed by atoms with Gasteiger partial charge in [-0.15, -0.1) is 11.8 Å². The Morgan fingerprint density at radius 1 is 1.16 bits per heavy atom. The molecule has 3 fully saturated rings. The summed E-state index contributed by atoms with van der Waals surface area (Å²) in [7, 11) is 0. The lowest BCUT2D eigenvalue weighted by molar-refractivity contribution is -0.142. The molecule has 3 unspecified atom stereocenters. The number of rotatable bonds is 8. The van der Waals surface area contributed by atoms with Crippen molar-refractivity contribution in [2.75, 3.05) is 11.9 Å². The van der Waals surface area contributed by atoms with Gasteiger partial charge in [0.1, 0.15) is 6.04 Å². The summed E-state index contributed by atoms with van der Waals surface area (Å²) < 4.78 is -0.788. The molecule has 202 valence electrons. The highest BCUT2D eigenvalue weighted by Crippen LogP contribution is 2.68. The van der Waals surface area contributed by atoms with E-state index in [0.29, 0.717) is 23.7 Å². The van der Waals surface area contributed by atoms with Crippen LogP contribution in [0.4, 0.5) is 5.69 Å². The lowest BCUT2D eigenvalue weighted by Crippen LogP contribution is -2.56. The fraction of sp³-hybridized carbons (Fsp3) is 0.464. The molecule has 38 heavy (non-hydrogen) atoms. The highest BCUT2D eigenvalue weighted by atomic mass is 79.9. The summed E-state index contributed by atoms with van der Waals surface area (Å²) in [4.78, 5) is 43.4. The fourth-order valence-corrected chi connectivity index (χ4v) is 10.0. The van der Waals surface area contributed by atoms with Gasteiger partial charge >= 0.3 is 0 Å². The van der Waals surface area contributed by atoms with Gasteiger partial charge in [-0.2, -0.15) is 0 Å². The van der Waals surface area contributed by atoms with Gasteiger partial charge in [-0.1, -0.05) is 71.7 Å². The van der Waals surface area contributed by atoms with Crippen LogP contribution in [-0.2, 0) is 20.9 Å². The minimum absolute atomic E-state index is 0.0265. The van der Waals surface area contributed by atoms with Crippen LogP contribution in [0.2, 0.25) is 5.02 Å². The molecule has 3 N–H and O–H groups in total. The normalized spacial score (nSPS) is 30.4. The zero-order valence-corrected chi connectivity index (χ0v) is 24.3. The van der Waals surface area contributed by atoms with Gasteiger partial charge in [0.25, 0.3) is 0 Å². The summed E-state index contributed by atoms with van der Waals surface area (Å²) in [6, 6.07) is 15.1. The van der Waals surface area contributed by atoms with E-state index in [0.717, 1.165) is 5.56 Å². The Kier molecular flexibility index (Phi) is 7.84. The van der Waals surface area contributed by atoms with Gasteiger partial charge in [0.15, 0.2) is 0 Å². The molecule has 3 aliphatic rings. The molecule has 3 amide bonds. The number of likely N-dealkylation sites (tertiary alicyclic amines) is 1.